The molecule has 1 heterocycles. The predicted molar refractivity (Wildman–Crippen MR) is 83.5 cm³/mol. The Bertz CT molecular complexity index is 256. The maximum atomic E-state index is 2.79. The Labute approximate surface area is 120 Å². The monoisotopic (exact) mass is 266 g/mol. The molecule has 1 aliphatic heterocycles. The number of nitrogens with zero attached hydrogens (tertiary/aromatic N) is 2. The van der Waals surface area contributed by atoms with Crippen molar-refractivity contribution in [3.63, 3.8) is 0 Å². The number of piperazine rings is 1. The first-order chi connectivity index (χ1) is 9.06. The molecule has 112 valence electrons. The third-order valence-electron chi connectivity index (χ3n) is 5.29. The summed E-state index contributed by atoms with van der Waals surface area (Å²) in [6, 6.07) is 1.65. The maximum Gasteiger partial charge on any atom is 0.0195 e. The second kappa shape index (κ2) is 7.08. The fourth-order valence-corrected chi connectivity index (χ4v) is 3.72. The Balaban J connectivity index is 1.76. The molecule has 0 unspecified atom stereocenters. The van der Waals surface area contributed by atoms with Gasteiger partial charge in [0, 0.05) is 31.7 Å². The van der Waals surface area contributed by atoms with E-state index < -0.39 is 0 Å². The molecule has 0 N–H and O–H groups in total. The summed E-state index contributed by atoms with van der Waals surface area (Å²) in [7, 11) is 0. The van der Waals surface area contributed by atoms with Gasteiger partial charge in [-0.25, -0.2) is 0 Å². The molecule has 0 aromatic carbocycles. The molecule has 1 aliphatic carbocycles. The second-order valence-electron chi connectivity index (χ2n) is 7.48. The molecule has 1 atom stereocenters. The highest BCUT2D eigenvalue weighted by Crippen LogP contribution is 2.28. The van der Waals surface area contributed by atoms with E-state index in [0.717, 1.165) is 23.9 Å². The van der Waals surface area contributed by atoms with E-state index in [0.29, 0.717) is 0 Å². The molecule has 0 radical (unpaired) electrons. The molecule has 0 aromatic rings. The molecule has 1 saturated heterocycles. The highest BCUT2D eigenvalue weighted by Gasteiger charge is 2.30. The lowest BCUT2D eigenvalue weighted by Gasteiger charge is -2.45. The van der Waals surface area contributed by atoms with Gasteiger partial charge in [-0.3, -0.25) is 9.80 Å². The van der Waals surface area contributed by atoms with Gasteiger partial charge in [-0.2, -0.15) is 0 Å². The van der Waals surface area contributed by atoms with Gasteiger partial charge in [0.2, 0.25) is 0 Å². The average Bonchev–Trinajstić information content (AvgIpc) is 2.38. The van der Waals surface area contributed by atoms with Crippen LogP contribution in [-0.2, 0) is 0 Å². The number of hydrogen-bond acceptors (Lipinski definition) is 2. The third kappa shape index (κ3) is 4.46. The zero-order valence-electron chi connectivity index (χ0n) is 13.6. The fraction of sp³-hybridized carbons (Fsp3) is 1.00. The van der Waals surface area contributed by atoms with Gasteiger partial charge in [0.25, 0.3) is 0 Å². The molecule has 0 amide bonds. The van der Waals surface area contributed by atoms with E-state index in [2.05, 4.69) is 37.5 Å². The Morgan fingerprint density at radius 1 is 1.00 bits per heavy atom. The van der Waals surface area contributed by atoms with E-state index in [4.69, 9.17) is 0 Å². The minimum atomic E-state index is 0.756. The van der Waals surface area contributed by atoms with Crippen molar-refractivity contribution < 1.29 is 0 Å². The van der Waals surface area contributed by atoms with Crippen LogP contribution in [0.5, 0.6) is 0 Å². The van der Waals surface area contributed by atoms with Gasteiger partial charge in [-0.05, 0) is 57.4 Å². The van der Waals surface area contributed by atoms with Crippen LogP contribution in [-0.4, -0.2) is 48.1 Å². The van der Waals surface area contributed by atoms with E-state index in [-0.39, 0.29) is 0 Å². The van der Waals surface area contributed by atoms with E-state index in [1.165, 1.54) is 58.3 Å². The van der Waals surface area contributed by atoms with Crippen molar-refractivity contribution in [3.05, 3.63) is 0 Å². The molecule has 1 saturated carbocycles. The average molecular weight is 266 g/mol. The normalized spacial score (nSPS) is 34.9. The quantitative estimate of drug-likeness (QED) is 0.767. The summed E-state index contributed by atoms with van der Waals surface area (Å²) >= 11 is 0. The smallest absolute Gasteiger partial charge is 0.0195 e. The maximum absolute atomic E-state index is 2.79. The molecule has 0 spiro atoms. The Morgan fingerprint density at radius 3 is 2.26 bits per heavy atom. The third-order valence-corrected chi connectivity index (χ3v) is 5.29. The first-order valence-electron chi connectivity index (χ1n) is 8.54. The van der Waals surface area contributed by atoms with Crippen LogP contribution in [0.2, 0.25) is 0 Å². The zero-order valence-corrected chi connectivity index (χ0v) is 13.6. The summed E-state index contributed by atoms with van der Waals surface area (Å²) in [6.45, 7) is 14.7. The van der Waals surface area contributed by atoms with Gasteiger partial charge in [0.05, 0.1) is 0 Å². The molecule has 0 bridgehead atoms. The summed E-state index contributed by atoms with van der Waals surface area (Å²) in [4.78, 5) is 5.50. The molecule has 2 nitrogen and oxygen atoms in total. The number of rotatable bonds is 4. The molecular weight excluding hydrogens is 232 g/mol. The van der Waals surface area contributed by atoms with Crippen molar-refractivity contribution in [2.24, 2.45) is 11.8 Å². The van der Waals surface area contributed by atoms with Crippen LogP contribution in [0, 0.1) is 11.8 Å². The van der Waals surface area contributed by atoms with E-state index >= 15 is 0 Å². The lowest BCUT2D eigenvalue weighted by molar-refractivity contribution is 0.0367. The summed E-state index contributed by atoms with van der Waals surface area (Å²) in [6.07, 6.45) is 7.14. The highest BCUT2D eigenvalue weighted by molar-refractivity contribution is 4.85. The Hall–Kier alpha value is -0.0800. The molecule has 2 fully saturated rings. The van der Waals surface area contributed by atoms with Gasteiger partial charge in [-0.1, -0.05) is 20.8 Å². The molecule has 2 rings (SSSR count). The summed E-state index contributed by atoms with van der Waals surface area (Å²) in [5, 5.41) is 0. The lowest BCUT2D eigenvalue weighted by atomic mass is 9.86. The van der Waals surface area contributed by atoms with Gasteiger partial charge in [0.15, 0.2) is 0 Å². The molecule has 19 heavy (non-hydrogen) atoms. The van der Waals surface area contributed by atoms with Crippen LogP contribution in [0.1, 0.15) is 59.8 Å². The summed E-state index contributed by atoms with van der Waals surface area (Å²) in [5.74, 6) is 1.81. The van der Waals surface area contributed by atoms with Gasteiger partial charge >= 0.3 is 0 Å². The standard InChI is InChI=1S/C17H34N2/c1-14(2)9-10-18-11-12-19(13-16(18)4)17-7-5-15(3)6-8-17/h14-17H,5-13H2,1-4H3/t15?,16-,17?/m1/s1. The van der Waals surface area contributed by atoms with E-state index in [1.54, 1.807) is 0 Å². The second-order valence-corrected chi connectivity index (χ2v) is 7.48. The molecular formula is C17H34N2. The Kier molecular flexibility index (Phi) is 5.70. The van der Waals surface area contributed by atoms with Crippen molar-refractivity contribution in [2.45, 2.75) is 71.9 Å². The topological polar surface area (TPSA) is 6.48 Å². The van der Waals surface area contributed by atoms with Crippen LogP contribution in [0.4, 0.5) is 0 Å². The van der Waals surface area contributed by atoms with E-state index in [1.807, 2.05) is 0 Å². The van der Waals surface area contributed by atoms with Crippen molar-refractivity contribution in [3.8, 4) is 0 Å². The van der Waals surface area contributed by atoms with Crippen molar-refractivity contribution in [2.75, 3.05) is 26.2 Å². The van der Waals surface area contributed by atoms with Crippen LogP contribution in [0.3, 0.4) is 0 Å². The van der Waals surface area contributed by atoms with Crippen molar-refractivity contribution in [1.82, 2.24) is 9.80 Å². The van der Waals surface area contributed by atoms with E-state index in [9.17, 15) is 0 Å². The van der Waals surface area contributed by atoms with Crippen molar-refractivity contribution in [1.29, 1.82) is 0 Å². The minimum Gasteiger partial charge on any atom is -0.298 e. The van der Waals surface area contributed by atoms with Gasteiger partial charge in [-0.15, -0.1) is 0 Å². The lowest BCUT2D eigenvalue weighted by Crippen LogP contribution is -2.55. The number of hydrogen-bond donors (Lipinski definition) is 0. The summed E-state index contributed by atoms with van der Waals surface area (Å²) in [5.41, 5.74) is 0. The fourth-order valence-electron chi connectivity index (χ4n) is 3.72. The molecule has 2 aliphatic rings. The van der Waals surface area contributed by atoms with Crippen molar-refractivity contribution >= 4 is 0 Å². The first-order valence-corrected chi connectivity index (χ1v) is 8.54. The largest absolute Gasteiger partial charge is 0.298 e. The molecule has 0 aromatic heterocycles. The molecule has 2 heteroatoms. The predicted octanol–water partition coefficient (Wildman–Crippen LogP) is 3.62. The first kappa shape index (κ1) is 15.3. The van der Waals surface area contributed by atoms with Gasteiger partial charge in [0.1, 0.15) is 0 Å². The zero-order chi connectivity index (χ0) is 13.8. The Morgan fingerprint density at radius 2 is 1.68 bits per heavy atom. The van der Waals surface area contributed by atoms with Crippen LogP contribution in [0.25, 0.3) is 0 Å². The minimum absolute atomic E-state index is 0.756. The highest BCUT2D eigenvalue weighted by atomic mass is 15.3. The van der Waals surface area contributed by atoms with Crippen LogP contribution >= 0.6 is 0 Å². The van der Waals surface area contributed by atoms with Gasteiger partial charge < -0.3 is 0 Å². The van der Waals surface area contributed by atoms with Crippen LogP contribution < -0.4 is 0 Å². The summed E-state index contributed by atoms with van der Waals surface area (Å²) < 4.78 is 0. The van der Waals surface area contributed by atoms with Crippen LogP contribution in [0.15, 0.2) is 0 Å². The SMILES string of the molecule is CC(C)CCN1CCN(C2CCC(C)CC2)C[C@H]1C.